The van der Waals surface area contributed by atoms with E-state index >= 15 is 0 Å². The quantitative estimate of drug-likeness (QED) is 0.902. The molecule has 0 amide bonds. The summed E-state index contributed by atoms with van der Waals surface area (Å²) in [7, 11) is -3.72. The number of sulfonamides is 1. The maximum Gasteiger partial charge on any atom is 0.305 e. The number of hydrogen-bond donors (Lipinski definition) is 1. The molecule has 1 aliphatic heterocycles. The Labute approximate surface area is 124 Å². The van der Waals surface area contributed by atoms with E-state index in [1.807, 2.05) is 13.0 Å². The van der Waals surface area contributed by atoms with Crippen molar-refractivity contribution in [1.29, 1.82) is 0 Å². The number of carboxylic acids is 1. The first-order valence-corrected chi connectivity index (χ1v) is 8.15. The van der Waals surface area contributed by atoms with Crippen LogP contribution in [-0.2, 0) is 19.6 Å². The average molecular weight is 313 g/mol. The van der Waals surface area contributed by atoms with E-state index in [2.05, 4.69) is 0 Å². The standard InChI is InChI=1S/C14H19NO5S/c1-10-3-4-11(2)13(7-10)21(18,19)15-5-6-20-9-12(15)8-14(16)17/h3-4,7,12H,5-6,8-9H2,1-2H3,(H,16,17). The zero-order valence-electron chi connectivity index (χ0n) is 12.1. The highest BCUT2D eigenvalue weighted by molar-refractivity contribution is 7.89. The highest BCUT2D eigenvalue weighted by Crippen LogP contribution is 2.25. The molecule has 1 aliphatic rings. The van der Waals surface area contributed by atoms with Crippen molar-refractivity contribution in [2.75, 3.05) is 19.8 Å². The smallest absolute Gasteiger partial charge is 0.305 e. The summed E-state index contributed by atoms with van der Waals surface area (Å²) in [5.41, 5.74) is 1.50. The summed E-state index contributed by atoms with van der Waals surface area (Å²) in [6, 6.07) is 4.57. The highest BCUT2D eigenvalue weighted by Gasteiger charge is 2.36. The predicted molar refractivity (Wildman–Crippen MR) is 76.7 cm³/mol. The SMILES string of the molecule is Cc1ccc(C)c(S(=O)(=O)N2CCOCC2CC(=O)O)c1. The molecule has 1 atom stereocenters. The molecule has 1 aromatic rings. The predicted octanol–water partition coefficient (Wildman–Crippen LogP) is 1.17. The molecule has 116 valence electrons. The fourth-order valence-corrected chi connectivity index (χ4v) is 4.34. The minimum absolute atomic E-state index is 0.108. The number of hydrogen-bond acceptors (Lipinski definition) is 4. The molecule has 1 fully saturated rings. The number of carboxylic acid groups (broad SMARTS) is 1. The Kier molecular flexibility index (Phi) is 4.65. The van der Waals surface area contributed by atoms with Gasteiger partial charge in [-0.1, -0.05) is 12.1 Å². The van der Waals surface area contributed by atoms with Crippen molar-refractivity contribution in [2.24, 2.45) is 0 Å². The second kappa shape index (κ2) is 6.13. The molecule has 0 aliphatic carbocycles. The Bertz CT molecular complexity index is 641. The van der Waals surface area contributed by atoms with Crippen LogP contribution in [0.15, 0.2) is 23.1 Å². The number of ether oxygens (including phenoxy) is 1. The molecule has 1 aromatic carbocycles. The maximum absolute atomic E-state index is 12.8. The van der Waals surface area contributed by atoms with Gasteiger partial charge in [-0.05, 0) is 31.0 Å². The zero-order valence-corrected chi connectivity index (χ0v) is 12.9. The van der Waals surface area contributed by atoms with Gasteiger partial charge in [0.1, 0.15) is 0 Å². The van der Waals surface area contributed by atoms with Crippen LogP contribution in [-0.4, -0.2) is 49.6 Å². The van der Waals surface area contributed by atoms with Gasteiger partial charge in [0.05, 0.1) is 30.6 Å². The molecule has 1 unspecified atom stereocenters. The lowest BCUT2D eigenvalue weighted by atomic mass is 10.2. The van der Waals surface area contributed by atoms with Crippen LogP contribution in [0.4, 0.5) is 0 Å². The van der Waals surface area contributed by atoms with Crippen LogP contribution >= 0.6 is 0 Å². The number of nitrogens with zero attached hydrogens (tertiary/aromatic N) is 1. The summed E-state index contributed by atoms with van der Waals surface area (Å²) in [4.78, 5) is 11.2. The molecule has 21 heavy (non-hydrogen) atoms. The number of carbonyl (C=O) groups is 1. The van der Waals surface area contributed by atoms with Gasteiger partial charge in [0.2, 0.25) is 10.0 Å². The van der Waals surface area contributed by atoms with Crippen molar-refractivity contribution < 1.29 is 23.1 Å². The fourth-order valence-electron chi connectivity index (χ4n) is 2.43. The Hall–Kier alpha value is -1.44. The number of aliphatic carboxylic acids is 1. The van der Waals surface area contributed by atoms with Gasteiger partial charge in [0.15, 0.2) is 0 Å². The molecule has 1 N–H and O–H groups in total. The largest absolute Gasteiger partial charge is 0.481 e. The van der Waals surface area contributed by atoms with Crippen LogP contribution in [0, 0.1) is 13.8 Å². The van der Waals surface area contributed by atoms with Crippen molar-refractivity contribution in [2.45, 2.75) is 31.2 Å². The van der Waals surface area contributed by atoms with E-state index in [4.69, 9.17) is 9.84 Å². The topological polar surface area (TPSA) is 83.9 Å². The van der Waals surface area contributed by atoms with Crippen molar-refractivity contribution >= 4 is 16.0 Å². The van der Waals surface area contributed by atoms with Gasteiger partial charge in [0, 0.05) is 6.54 Å². The molecular weight excluding hydrogens is 294 g/mol. The number of rotatable bonds is 4. The second-order valence-electron chi connectivity index (χ2n) is 5.21. The number of morpholine rings is 1. The van der Waals surface area contributed by atoms with Gasteiger partial charge in [-0.15, -0.1) is 0 Å². The van der Waals surface area contributed by atoms with Crippen molar-refractivity contribution in [3.63, 3.8) is 0 Å². The lowest BCUT2D eigenvalue weighted by Gasteiger charge is -2.34. The molecule has 0 bridgehead atoms. The van der Waals surface area contributed by atoms with E-state index in [1.165, 1.54) is 4.31 Å². The average Bonchev–Trinajstić information content (AvgIpc) is 2.41. The van der Waals surface area contributed by atoms with Crippen LogP contribution in [0.5, 0.6) is 0 Å². The van der Waals surface area contributed by atoms with Gasteiger partial charge in [-0.3, -0.25) is 4.79 Å². The lowest BCUT2D eigenvalue weighted by Crippen LogP contribution is -2.49. The van der Waals surface area contributed by atoms with Crippen molar-refractivity contribution in [3.8, 4) is 0 Å². The summed E-state index contributed by atoms with van der Waals surface area (Å²) in [6.07, 6.45) is -0.260. The first-order valence-electron chi connectivity index (χ1n) is 6.71. The normalized spacial score (nSPS) is 20.4. The van der Waals surface area contributed by atoms with E-state index in [9.17, 15) is 13.2 Å². The summed E-state index contributed by atoms with van der Waals surface area (Å²) in [5, 5.41) is 8.94. The van der Waals surface area contributed by atoms with Gasteiger partial charge < -0.3 is 9.84 Å². The Morgan fingerprint density at radius 2 is 2.14 bits per heavy atom. The first kappa shape index (κ1) is 15.9. The third kappa shape index (κ3) is 3.42. The van der Waals surface area contributed by atoms with Crippen LogP contribution in [0.1, 0.15) is 17.5 Å². The number of aryl methyl sites for hydroxylation is 2. The van der Waals surface area contributed by atoms with E-state index < -0.39 is 22.0 Å². The Morgan fingerprint density at radius 1 is 1.43 bits per heavy atom. The van der Waals surface area contributed by atoms with Crippen LogP contribution in [0.2, 0.25) is 0 Å². The molecule has 1 heterocycles. The van der Waals surface area contributed by atoms with Gasteiger partial charge in [-0.25, -0.2) is 8.42 Å². The molecule has 0 radical (unpaired) electrons. The minimum Gasteiger partial charge on any atom is -0.481 e. The molecule has 7 heteroatoms. The van der Waals surface area contributed by atoms with Crippen molar-refractivity contribution in [1.82, 2.24) is 4.31 Å². The summed E-state index contributed by atoms with van der Waals surface area (Å²) < 4.78 is 32.1. The molecule has 2 rings (SSSR count). The van der Waals surface area contributed by atoms with Crippen LogP contribution in [0.25, 0.3) is 0 Å². The monoisotopic (exact) mass is 313 g/mol. The lowest BCUT2D eigenvalue weighted by molar-refractivity contribution is -0.139. The van der Waals surface area contributed by atoms with Gasteiger partial charge in [0.25, 0.3) is 0 Å². The third-order valence-electron chi connectivity index (χ3n) is 3.51. The maximum atomic E-state index is 12.8. The summed E-state index contributed by atoms with van der Waals surface area (Å²) in [6.45, 7) is 4.12. The Balaban J connectivity index is 2.40. The zero-order chi connectivity index (χ0) is 15.6. The van der Waals surface area contributed by atoms with E-state index in [-0.39, 0.29) is 31.1 Å². The summed E-state index contributed by atoms with van der Waals surface area (Å²) in [5.74, 6) is -1.04. The van der Waals surface area contributed by atoms with Gasteiger partial charge >= 0.3 is 5.97 Å². The molecular formula is C14H19NO5S. The molecule has 0 saturated carbocycles. The number of benzene rings is 1. The highest BCUT2D eigenvalue weighted by atomic mass is 32.2. The Morgan fingerprint density at radius 3 is 2.81 bits per heavy atom. The minimum atomic E-state index is -3.72. The van der Waals surface area contributed by atoms with E-state index in [1.54, 1.807) is 19.1 Å². The molecule has 1 saturated heterocycles. The summed E-state index contributed by atoms with van der Waals surface area (Å²) >= 11 is 0. The van der Waals surface area contributed by atoms with Crippen LogP contribution in [0.3, 0.4) is 0 Å². The van der Waals surface area contributed by atoms with Gasteiger partial charge in [-0.2, -0.15) is 4.31 Å². The third-order valence-corrected chi connectivity index (χ3v) is 5.61. The van der Waals surface area contributed by atoms with Crippen molar-refractivity contribution in [3.05, 3.63) is 29.3 Å². The van der Waals surface area contributed by atoms with E-state index in [0.29, 0.717) is 5.56 Å². The molecule has 0 aromatic heterocycles. The molecule has 0 spiro atoms. The van der Waals surface area contributed by atoms with Crippen LogP contribution < -0.4 is 0 Å². The second-order valence-corrected chi connectivity index (χ2v) is 7.07. The molecule has 6 nitrogen and oxygen atoms in total. The first-order chi connectivity index (χ1) is 9.82. The fraction of sp³-hybridized carbons (Fsp3) is 0.500. The van der Waals surface area contributed by atoms with E-state index in [0.717, 1.165) is 5.56 Å².